The van der Waals surface area contributed by atoms with Gasteiger partial charge in [0.05, 0.1) is 11.6 Å². The van der Waals surface area contributed by atoms with Gasteiger partial charge in [0.1, 0.15) is 11.9 Å². The van der Waals surface area contributed by atoms with Gasteiger partial charge < -0.3 is 9.47 Å². The number of anilines is 1. The second kappa shape index (κ2) is 12.0. The minimum absolute atomic E-state index is 0. The molecule has 6 nitrogen and oxygen atoms in total. The van der Waals surface area contributed by atoms with E-state index in [0.29, 0.717) is 35.7 Å². The van der Waals surface area contributed by atoms with Crippen LogP contribution in [0.3, 0.4) is 0 Å². The van der Waals surface area contributed by atoms with E-state index in [-0.39, 0.29) is 30.7 Å². The van der Waals surface area contributed by atoms with E-state index in [2.05, 4.69) is 5.32 Å². The van der Waals surface area contributed by atoms with Gasteiger partial charge in [0.15, 0.2) is 0 Å². The molecule has 1 aliphatic rings. The van der Waals surface area contributed by atoms with Gasteiger partial charge in [0.25, 0.3) is 0 Å². The first-order valence-electron chi connectivity index (χ1n) is 9.92. The fraction of sp³-hybridized carbons (Fsp3) is 0.364. The zero-order valence-electron chi connectivity index (χ0n) is 17.3. The number of rotatable bonds is 6. The topological polar surface area (TPSA) is 74.6 Å². The summed E-state index contributed by atoms with van der Waals surface area (Å²) in [5.74, 6) is 0.488. The average Bonchev–Trinajstić information content (AvgIpc) is 2.75. The molecule has 178 valence electrons. The molecule has 11 heteroatoms. The van der Waals surface area contributed by atoms with Crippen LogP contribution in [0.25, 0.3) is 0 Å². The second-order valence-corrected chi connectivity index (χ2v) is 7.79. The maximum Gasteiger partial charge on any atom is 0.426 e. The van der Waals surface area contributed by atoms with Gasteiger partial charge in [-0.3, -0.25) is 10.2 Å². The van der Waals surface area contributed by atoms with Crippen LogP contribution in [0.2, 0.25) is 5.02 Å². The number of piperidine rings is 1. The summed E-state index contributed by atoms with van der Waals surface area (Å²) in [6.07, 6.45) is -7.27. The Morgan fingerprint density at radius 1 is 1.27 bits per heavy atom. The minimum Gasteiger partial charge on any atom is -0.489 e. The zero-order valence-corrected chi connectivity index (χ0v) is 18.9. The maximum absolute atomic E-state index is 13.5. The molecule has 1 aliphatic heterocycles. The molecule has 1 amide bonds. The maximum atomic E-state index is 13.5. The third kappa shape index (κ3) is 8.31. The van der Waals surface area contributed by atoms with Crippen molar-refractivity contribution >= 4 is 35.8 Å². The van der Waals surface area contributed by atoms with Gasteiger partial charge in [-0.1, -0.05) is 17.7 Å². The van der Waals surface area contributed by atoms with Crippen LogP contribution in [0.4, 0.5) is 23.7 Å². The number of amides is 1. The normalized spacial score (nSPS) is 17.2. The molecule has 0 aromatic heterocycles. The van der Waals surface area contributed by atoms with Gasteiger partial charge in [-0.15, -0.1) is 12.4 Å². The van der Waals surface area contributed by atoms with Crippen molar-refractivity contribution in [2.75, 3.05) is 25.0 Å². The van der Waals surface area contributed by atoms with Crippen molar-refractivity contribution in [3.05, 3.63) is 59.1 Å². The van der Waals surface area contributed by atoms with Gasteiger partial charge in [0.2, 0.25) is 6.10 Å². The Labute approximate surface area is 200 Å². The van der Waals surface area contributed by atoms with Crippen molar-refractivity contribution in [2.24, 2.45) is 0 Å². The molecule has 1 unspecified atom stereocenters. The first-order valence-corrected chi connectivity index (χ1v) is 10.3. The molecule has 1 saturated heterocycles. The lowest BCUT2D eigenvalue weighted by Gasteiger charge is -2.35. The Balaban J connectivity index is 0.00000385. The number of nitriles is 1. The highest BCUT2D eigenvalue weighted by atomic mass is 35.5. The lowest BCUT2D eigenvalue weighted by Crippen LogP contribution is -2.49. The van der Waals surface area contributed by atoms with Crippen LogP contribution in [-0.2, 0) is 4.74 Å². The fourth-order valence-electron chi connectivity index (χ4n) is 3.36. The van der Waals surface area contributed by atoms with Gasteiger partial charge in [-0.2, -0.15) is 18.4 Å². The summed E-state index contributed by atoms with van der Waals surface area (Å²) < 4.78 is 51.2. The Morgan fingerprint density at radius 2 is 2.00 bits per heavy atom. The molecular weight excluding hydrogens is 482 g/mol. The molecule has 0 saturated carbocycles. The average molecular weight is 504 g/mol. The van der Waals surface area contributed by atoms with Crippen molar-refractivity contribution < 1.29 is 27.4 Å². The summed E-state index contributed by atoms with van der Waals surface area (Å²) in [5.41, 5.74) is 0.707. The highest BCUT2D eigenvalue weighted by molar-refractivity contribution is 6.30. The third-order valence-electron chi connectivity index (χ3n) is 4.86. The molecule has 1 N–H and O–H groups in total. The number of hydrogen-bond donors (Lipinski definition) is 1. The van der Waals surface area contributed by atoms with E-state index < -0.39 is 24.9 Å². The quantitative estimate of drug-likeness (QED) is 0.550. The number of hydrogen-bond acceptors (Lipinski definition) is 5. The van der Waals surface area contributed by atoms with Gasteiger partial charge in [0, 0.05) is 23.8 Å². The number of nitrogens with one attached hydrogen (secondary N) is 1. The van der Waals surface area contributed by atoms with E-state index in [9.17, 15) is 18.0 Å². The number of nitrogens with zero attached hydrogens (tertiary/aromatic N) is 2. The number of halogens is 5. The van der Waals surface area contributed by atoms with Crippen LogP contribution in [0.1, 0.15) is 18.4 Å². The molecule has 0 aliphatic carbocycles. The van der Waals surface area contributed by atoms with E-state index in [1.165, 1.54) is 24.3 Å². The van der Waals surface area contributed by atoms with Crippen LogP contribution in [-0.4, -0.2) is 49.0 Å². The molecule has 2 aromatic carbocycles. The third-order valence-corrected chi connectivity index (χ3v) is 5.11. The highest BCUT2D eigenvalue weighted by Crippen LogP contribution is 2.26. The van der Waals surface area contributed by atoms with Gasteiger partial charge in [-0.25, -0.2) is 4.79 Å². The first-order chi connectivity index (χ1) is 15.2. The molecule has 2 aromatic rings. The smallest absolute Gasteiger partial charge is 0.426 e. The number of likely N-dealkylation sites (tertiary alicyclic amines) is 1. The fourth-order valence-corrected chi connectivity index (χ4v) is 3.48. The highest BCUT2D eigenvalue weighted by Gasteiger charge is 2.44. The van der Waals surface area contributed by atoms with E-state index in [1.54, 1.807) is 29.2 Å². The Morgan fingerprint density at radius 3 is 2.67 bits per heavy atom. The second-order valence-electron chi connectivity index (χ2n) is 7.35. The molecule has 0 spiro atoms. The summed E-state index contributed by atoms with van der Waals surface area (Å²) in [4.78, 5) is 13.6. The van der Waals surface area contributed by atoms with E-state index in [1.807, 2.05) is 6.07 Å². The van der Waals surface area contributed by atoms with Crippen LogP contribution in [0.15, 0.2) is 48.5 Å². The molecule has 2 atom stereocenters. The summed E-state index contributed by atoms with van der Waals surface area (Å²) in [5, 5.41) is 11.7. The van der Waals surface area contributed by atoms with Crippen molar-refractivity contribution in [3.8, 4) is 11.8 Å². The van der Waals surface area contributed by atoms with Crippen molar-refractivity contribution in [2.45, 2.75) is 31.2 Å². The van der Waals surface area contributed by atoms with Gasteiger partial charge >= 0.3 is 12.3 Å². The number of carbonyl (C=O) groups excluding carboxylic acids is 1. The van der Waals surface area contributed by atoms with E-state index in [0.717, 1.165) is 0 Å². The largest absolute Gasteiger partial charge is 0.489 e. The van der Waals surface area contributed by atoms with E-state index >= 15 is 0 Å². The van der Waals surface area contributed by atoms with Gasteiger partial charge in [-0.05, 0) is 61.9 Å². The summed E-state index contributed by atoms with van der Waals surface area (Å²) in [6.45, 7) is 0.161. The van der Waals surface area contributed by atoms with Crippen molar-refractivity contribution in [1.82, 2.24) is 4.90 Å². The molecule has 3 rings (SSSR count). The summed E-state index contributed by atoms with van der Waals surface area (Å²) >= 11 is 5.76. The predicted molar refractivity (Wildman–Crippen MR) is 120 cm³/mol. The van der Waals surface area contributed by atoms with Crippen molar-refractivity contribution in [1.29, 1.82) is 5.26 Å². The van der Waals surface area contributed by atoms with Crippen LogP contribution in [0, 0.1) is 11.3 Å². The van der Waals surface area contributed by atoms with Crippen molar-refractivity contribution in [3.63, 3.8) is 0 Å². The predicted octanol–water partition coefficient (Wildman–Crippen LogP) is 5.66. The summed E-state index contributed by atoms with van der Waals surface area (Å²) in [7, 11) is 0. The Bertz CT molecular complexity index is 968. The lowest BCUT2D eigenvalue weighted by atomic mass is 10.1. The molecule has 33 heavy (non-hydrogen) atoms. The van der Waals surface area contributed by atoms with Crippen LogP contribution >= 0.6 is 24.0 Å². The molecule has 1 heterocycles. The monoisotopic (exact) mass is 503 g/mol. The molecule has 1 fully saturated rings. The van der Waals surface area contributed by atoms with Crippen LogP contribution in [0.5, 0.6) is 5.75 Å². The summed E-state index contributed by atoms with van der Waals surface area (Å²) in [6, 6.07) is 14.5. The molecular formula is C22H22Cl2F3N3O3. The number of ether oxygens (including phenoxy) is 2. The SMILES string of the molecule is Cl.N#Cc1cccc(OC2CCCN(C[C@H](OC(=O)Nc3ccc(Cl)cc3)C(F)(F)F)C2)c1. The van der Waals surface area contributed by atoms with E-state index in [4.69, 9.17) is 26.3 Å². The molecule has 0 bridgehead atoms. The Kier molecular flexibility index (Phi) is 9.65. The minimum atomic E-state index is -4.73. The zero-order chi connectivity index (χ0) is 23.1. The number of alkyl halides is 3. The molecule has 0 radical (unpaired) electrons. The number of carbonyl (C=O) groups is 1. The lowest BCUT2D eigenvalue weighted by molar-refractivity contribution is -0.207. The Hall–Kier alpha value is -2.67. The first kappa shape index (κ1) is 26.6. The number of benzene rings is 2. The standard InChI is InChI=1S/C22H21ClF3N3O3.ClH/c23-16-6-8-17(9-7-16)28-21(30)32-20(22(24,25)26)14-29-10-2-5-19(13-29)31-18-4-1-3-15(11-18)12-27;/h1,3-4,6-9,11,19-20H,2,5,10,13-14H2,(H,28,30);1H/t19?,20-;/m0./s1. The van der Waals surface area contributed by atoms with Crippen LogP contribution < -0.4 is 10.1 Å².